The maximum atomic E-state index is 13.0. The maximum absolute atomic E-state index is 13.0. The van der Waals surface area contributed by atoms with E-state index in [1.807, 2.05) is 12.3 Å². The van der Waals surface area contributed by atoms with E-state index in [0.717, 1.165) is 36.2 Å². The fraction of sp³-hybridized carbons (Fsp3) is 0.688. The fourth-order valence-electron chi connectivity index (χ4n) is 3.70. The Balaban J connectivity index is 1.81. The van der Waals surface area contributed by atoms with Gasteiger partial charge in [-0.05, 0) is 54.7 Å². The van der Waals surface area contributed by atoms with E-state index < -0.39 is 0 Å². The molecular formula is C16H24BrN3O. The number of carbonyl (C=O) groups excluding carboxylic acids is 1. The van der Waals surface area contributed by atoms with E-state index in [4.69, 9.17) is 0 Å². The topological polar surface area (TPSA) is 28.5 Å². The number of hydrogen-bond donors (Lipinski definition) is 0. The molecule has 4 nitrogen and oxygen atoms in total. The van der Waals surface area contributed by atoms with Crippen molar-refractivity contribution >= 4 is 21.8 Å². The highest BCUT2D eigenvalue weighted by atomic mass is 79.9. The lowest BCUT2D eigenvalue weighted by Crippen LogP contribution is -2.56. The average molecular weight is 354 g/mol. The highest BCUT2D eigenvalue weighted by Gasteiger charge is 2.37. The summed E-state index contributed by atoms with van der Waals surface area (Å²) in [6.45, 7) is 8.32. The van der Waals surface area contributed by atoms with Gasteiger partial charge >= 0.3 is 0 Å². The Bertz CT molecular complexity index is 528. The Morgan fingerprint density at radius 1 is 1.43 bits per heavy atom. The molecule has 2 aliphatic rings. The Morgan fingerprint density at radius 3 is 3.00 bits per heavy atom. The first-order chi connectivity index (χ1) is 10.1. The van der Waals surface area contributed by atoms with Crippen LogP contribution in [0.25, 0.3) is 0 Å². The number of piperazine rings is 1. The average Bonchev–Trinajstić information content (AvgIpc) is 3.03. The molecule has 21 heavy (non-hydrogen) atoms. The van der Waals surface area contributed by atoms with Crippen LogP contribution in [-0.4, -0.2) is 52.0 Å². The third-order valence-electron chi connectivity index (χ3n) is 4.75. The molecule has 0 N–H and O–H groups in total. The number of aromatic nitrogens is 1. The van der Waals surface area contributed by atoms with Gasteiger partial charge in [-0.1, -0.05) is 6.92 Å². The molecule has 116 valence electrons. The number of hydrogen-bond acceptors (Lipinski definition) is 2. The van der Waals surface area contributed by atoms with E-state index in [9.17, 15) is 4.79 Å². The van der Waals surface area contributed by atoms with E-state index in [2.05, 4.69) is 44.1 Å². The van der Waals surface area contributed by atoms with Crippen LogP contribution in [0.3, 0.4) is 0 Å². The highest BCUT2D eigenvalue weighted by Crippen LogP contribution is 2.26. The zero-order chi connectivity index (χ0) is 15.0. The van der Waals surface area contributed by atoms with Crippen molar-refractivity contribution in [2.75, 3.05) is 19.6 Å². The molecule has 2 saturated heterocycles. The molecular weight excluding hydrogens is 330 g/mol. The zero-order valence-electron chi connectivity index (χ0n) is 12.9. The highest BCUT2D eigenvalue weighted by molar-refractivity contribution is 9.10. The number of carbonyl (C=O) groups is 1. The first-order valence-electron chi connectivity index (χ1n) is 8.01. The zero-order valence-corrected chi connectivity index (χ0v) is 14.5. The van der Waals surface area contributed by atoms with Crippen LogP contribution in [0.5, 0.6) is 0 Å². The summed E-state index contributed by atoms with van der Waals surface area (Å²) < 4.78 is 3.08. The molecule has 0 aromatic carbocycles. The molecule has 1 aromatic heterocycles. The Morgan fingerprint density at radius 2 is 2.24 bits per heavy atom. The number of fused-ring (bicyclic) bond motifs is 1. The van der Waals surface area contributed by atoms with Crippen molar-refractivity contribution in [2.24, 2.45) is 0 Å². The lowest BCUT2D eigenvalue weighted by molar-refractivity contribution is 0.0386. The number of halogens is 1. The minimum atomic E-state index is 0.188. The molecule has 0 radical (unpaired) electrons. The first-order valence-corrected chi connectivity index (χ1v) is 8.80. The SMILES string of the molecule is CCCn1cc(Br)cc1C(=O)N1CC2CCCN2CC1C. The van der Waals surface area contributed by atoms with Crippen LogP contribution in [0.15, 0.2) is 16.7 Å². The Hall–Kier alpha value is -0.810. The van der Waals surface area contributed by atoms with Gasteiger partial charge in [-0.3, -0.25) is 9.69 Å². The first kappa shape index (κ1) is 15.1. The van der Waals surface area contributed by atoms with Crippen molar-refractivity contribution in [3.63, 3.8) is 0 Å². The monoisotopic (exact) mass is 353 g/mol. The molecule has 2 unspecified atom stereocenters. The van der Waals surface area contributed by atoms with Crippen molar-refractivity contribution in [1.82, 2.24) is 14.4 Å². The summed E-state index contributed by atoms with van der Waals surface area (Å²) in [7, 11) is 0. The molecule has 5 heteroatoms. The van der Waals surface area contributed by atoms with E-state index in [-0.39, 0.29) is 5.91 Å². The Kier molecular flexibility index (Phi) is 4.41. The van der Waals surface area contributed by atoms with E-state index in [0.29, 0.717) is 12.1 Å². The molecule has 0 bridgehead atoms. The van der Waals surface area contributed by atoms with Crippen LogP contribution < -0.4 is 0 Å². The molecule has 2 atom stereocenters. The molecule has 3 rings (SSSR count). The maximum Gasteiger partial charge on any atom is 0.270 e. The third-order valence-corrected chi connectivity index (χ3v) is 5.18. The number of rotatable bonds is 3. The molecule has 3 heterocycles. The van der Waals surface area contributed by atoms with Crippen molar-refractivity contribution in [1.29, 1.82) is 0 Å². The van der Waals surface area contributed by atoms with Crippen molar-refractivity contribution in [2.45, 2.75) is 51.7 Å². The molecule has 0 aliphatic carbocycles. The summed E-state index contributed by atoms with van der Waals surface area (Å²) in [6.07, 6.45) is 5.56. The second kappa shape index (κ2) is 6.13. The van der Waals surface area contributed by atoms with Gasteiger partial charge < -0.3 is 9.47 Å². The second-order valence-corrected chi connectivity index (χ2v) is 7.25. The third kappa shape index (κ3) is 2.90. The van der Waals surface area contributed by atoms with E-state index in [1.165, 1.54) is 19.4 Å². The van der Waals surface area contributed by atoms with Crippen molar-refractivity contribution in [3.8, 4) is 0 Å². The van der Waals surface area contributed by atoms with Crippen LogP contribution in [-0.2, 0) is 6.54 Å². The number of aryl methyl sites for hydroxylation is 1. The molecule has 2 aliphatic heterocycles. The summed E-state index contributed by atoms with van der Waals surface area (Å²) in [4.78, 5) is 17.6. The Labute approximate surface area is 135 Å². The van der Waals surface area contributed by atoms with Gasteiger partial charge in [0.1, 0.15) is 5.69 Å². The van der Waals surface area contributed by atoms with Crippen molar-refractivity contribution in [3.05, 3.63) is 22.4 Å². The van der Waals surface area contributed by atoms with Crippen LogP contribution in [0.2, 0.25) is 0 Å². The fourth-order valence-corrected chi connectivity index (χ4v) is 4.16. The predicted octanol–water partition coefficient (Wildman–Crippen LogP) is 2.97. The number of nitrogens with zero attached hydrogens (tertiary/aromatic N) is 3. The predicted molar refractivity (Wildman–Crippen MR) is 87.5 cm³/mol. The molecule has 0 spiro atoms. The molecule has 1 amide bonds. The van der Waals surface area contributed by atoms with Crippen LogP contribution in [0.4, 0.5) is 0 Å². The van der Waals surface area contributed by atoms with Gasteiger partial charge in [-0.25, -0.2) is 0 Å². The van der Waals surface area contributed by atoms with E-state index >= 15 is 0 Å². The minimum absolute atomic E-state index is 0.188. The molecule has 0 saturated carbocycles. The number of amides is 1. The standard InChI is InChI=1S/C16H24BrN3O/c1-3-6-19-10-13(17)8-15(19)16(21)20-11-14-5-4-7-18(14)9-12(20)2/h8,10,12,14H,3-7,9,11H2,1-2H3. The molecule has 2 fully saturated rings. The second-order valence-electron chi connectivity index (χ2n) is 6.33. The van der Waals surface area contributed by atoms with Gasteiger partial charge in [0, 0.05) is 42.4 Å². The minimum Gasteiger partial charge on any atom is -0.342 e. The van der Waals surface area contributed by atoms with Crippen LogP contribution in [0, 0.1) is 0 Å². The summed E-state index contributed by atoms with van der Waals surface area (Å²) in [5.74, 6) is 0.188. The van der Waals surface area contributed by atoms with Crippen LogP contribution >= 0.6 is 15.9 Å². The summed E-state index contributed by atoms with van der Waals surface area (Å²) in [5.41, 5.74) is 0.821. The quantitative estimate of drug-likeness (QED) is 0.835. The normalized spacial score (nSPS) is 26.1. The van der Waals surface area contributed by atoms with Crippen LogP contribution in [0.1, 0.15) is 43.6 Å². The lowest BCUT2D eigenvalue weighted by Gasteiger charge is -2.42. The van der Waals surface area contributed by atoms with Gasteiger partial charge in [0.15, 0.2) is 0 Å². The summed E-state index contributed by atoms with van der Waals surface area (Å²) >= 11 is 3.51. The summed E-state index contributed by atoms with van der Waals surface area (Å²) in [6, 6.07) is 2.84. The van der Waals surface area contributed by atoms with Gasteiger partial charge in [0.2, 0.25) is 0 Å². The smallest absolute Gasteiger partial charge is 0.270 e. The largest absolute Gasteiger partial charge is 0.342 e. The van der Waals surface area contributed by atoms with E-state index in [1.54, 1.807) is 0 Å². The van der Waals surface area contributed by atoms with Crippen molar-refractivity contribution < 1.29 is 4.79 Å². The van der Waals surface area contributed by atoms with Gasteiger partial charge in [-0.2, -0.15) is 0 Å². The van der Waals surface area contributed by atoms with Gasteiger partial charge in [0.25, 0.3) is 5.91 Å². The summed E-state index contributed by atoms with van der Waals surface area (Å²) in [5, 5.41) is 0. The lowest BCUT2D eigenvalue weighted by atomic mass is 10.1. The van der Waals surface area contributed by atoms with Gasteiger partial charge in [0.05, 0.1) is 0 Å². The van der Waals surface area contributed by atoms with Gasteiger partial charge in [-0.15, -0.1) is 0 Å². The molecule has 1 aromatic rings.